The van der Waals surface area contributed by atoms with Crippen LogP contribution in [0.15, 0.2) is 24.3 Å². The average Bonchev–Trinajstić information content (AvgIpc) is 3.14. The summed E-state index contributed by atoms with van der Waals surface area (Å²) in [4.78, 5) is 0. The molecule has 88 valence electrons. The Kier molecular flexibility index (Phi) is 3.62. The highest BCUT2D eigenvalue weighted by Crippen LogP contribution is 2.38. The SMILES string of the molecule is CCc1ccc(C(N)C(OC)C2CC2)cc1. The van der Waals surface area contributed by atoms with Crippen LogP contribution in [-0.4, -0.2) is 13.2 Å². The molecular weight excluding hydrogens is 198 g/mol. The number of methoxy groups -OCH3 is 1. The van der Waals surface area contributed by atoms with Gasteiger partial charge in [0.2, 0.25) is 0 Å². The zero-order chi connectivity index (χ0) is 11.5. The molecule has 2 heteroatoms. The third kappa shape index (κ3) is 2.45. The van der Waals surface area contributed by atoms with E-state index in [1.165, 1.54) is 24.0 Å². The summed E-state index contributed by atoms with van der Waals surface area (Å²) >= 11 is 0. The first-order valence-corrected chi connectivity index (χ1v) is 6.13. The van der Waals surface area contributed by atoms with Gasteiger partial charge in [-0.2, -0.15) is 0 Å². The van der Waals surface area contributed by atoms with E-state index in [0.29, 0.717) is 5.92 Å². The van der Waals surface area contributed by atoms with Gasteiger partial charge in [-0.3, -0.25) is 0 Å². The van der Waals surface area contributed by atoms with Crippen molar-refractivity contribution in [1.29, 1.82) is 0 Å². The zero-order valence-electron chi connectivity index (χ0n) is 10.1. The molecule has 0 radical (unpaired) electrons. The van der Waals surface area contributed by atoms with Gasteiger partial charge in [0.25, 0.3) is 0 Å². The summed E-state index contributed by atoms with van der Waals surface area (Å²) in [5.74, 6) is 0.672. The van der Waals surface area contributed by atoms with E-state index in [-0.39, 0.29) is 12.1 Å². The Morgan fingerprint density at radius 1 is 1.31 bits per heavy atom. The molecule has 0 amide bonds. The van der Waals surface area contributed by atoms with Gasteiger partial charge in [0, 0.05) is 7.11 Å². The number of benzene rings is 1. The fraction of sp³-hybridized carbons (Fsp3) is 0.571. The zero-order valence-corrected chi connectivity index (χ0v) is 10.1. The topological polar surface area (TPSA) is 35.2 Å². The summed E-state index contributed by atoms with van der Waals surface area (Å²) in [6.07, 6.45) is 3.79. The van der Waals surface area contributed by atoms with E-state index in [2.05, 4.69) is 31.2 Å². The second kappa shape index (κ2) is 4.98. The maximum absolute atomic E-state index is 6.26. The van der Waals surface area contributed by atoms with E-state index in [4.69, 9.17) is 10.5 Å². The highest BCUT2D eigenvalue weighted by Gasteiger charge is 2.35. The van der Waals surface area contributed by atoms with Crippen molar-refractivity contribution >= 4 is 0 Å². The van der Waals surface area contributed by atoms with Crippen molar-refractivity contribution in [3.05, 3.63) is 35.4 Å². The minimum atomic E-state index is 0.0170. The van der Waals surface area contributed by atoms with Gasteiger partial charge in [-0.05, 0) is 36.3 Å². The van der Waals surface area contributed by atoms with E-state index in [1.807, 2.05) is 0 Å². The summed E-state index contributed by atoms with van der Waals surface area (Å²) in [5, 5.41) is 0. The molecule has 1 aromatic carbocycles. The van der Waals surface area contributed by atoms with Gasteiger partial charge in [-0.1, -0.05) is 31.2 Å². The second-order valence-corrected chi connectivity index (χ2v) is 4.66. The largest absolute Gasteiger partial charge is 0.379 e. The molecule has 0 bridgehead atoms. The first-order chi connectivity index (χ1) is 7.76. The standard InChI is InChI=1S/C14H21NO/c1-3-10-4-6-11(7-5-10)13(15)14(16-2)12-8-9-12/h4-7,12-14H,3,8-9,15H2,1-2H3. The van der Waals surface area contributed by atoms with Gasteiger partial charge in [-0.25, -0.2) is 0 Å². The molecule has 0 aromatic heterocycles. The van der Waals surface area contributed by atoms with Crippen LogP contribution in [-0.2, 0) is 11.2 Å². The molecule has 2 unspecified atom stereocenters. The Balaban J connectivity index is 2.09. The van der Waals surface area contributed by atoms with E-state index in [1.54, 1.807) is 7.11 Å². The number of aryl methyl sites for hydroxylation is 1. The molecule has 0 spiro atoms. The summed E-state index contributed by atoms with van der Waals surface area (Å²) < 4.78 is 5.52. The van der Waals surface area contributed by atoms with Gasteiger partial charge < -0.3 is 10.5 Å². The molecule has 0 heterocycles. The fourth-order valence-corrected chi connectivity index (χ4v) is 2.22. The molecule has 1 fully saturated rings. The third-order valence-corrected chi connectivity index (χ3v) is 3.49. The minimum absolute atomic E-state index is 0.0170. The average molecular weight is 219 g/mol. The minimum Gasteiger partial charge on any atom is -0.379 e. The third-order valence-electron chi connectivity index (χ3n) is 3.49. The summed E-state index contributed by atoms with van der Waals surface area (Å²) in [7, 11) is 1.77. The molecule has 2 atom stereocenters. The highest BCUT2D eigenvalue weighted by molar-refractivity contribution is 5.26. The van der Waals surface area contributed by atoms with E-state index < -0.39 is 0 Å². The van der Waals surface area contributed by atoms with Crippen molar-refractivity contribution in [2.75, 3.05) is 7.11 Å². The van der Waals surface area contributed by atoms with Crippen LogP contribution in [0.1, 0.15) is 36.9 Å². The van der Waals surface area contributed by atoms with Crippen molar-refractivity contribution in [2.24, 2.45) is 11.7 Å². The number of ether oxygens (including phenoxy) is 1. The maximum Gasteiger partial charge on any atom is 0.0791 e. The summed E-state index contributed by atoms with van der Waals surface area (Å²) in [6, 6.07) is 8.61. The van der Waals surface area contributed by atoms with Crippen molar-refractivity contribution in [3.8, 4) is 0 Å². The van der Waals surface area contributed by atoms with Crippen molar-refractivity contribution < 1.29 is 4.74 Å². The van der Waals surface area contributed by atoms with Crippen molar-refractivity contribution in [1.82, 2.24) is 0 Å². The molecule has 0 aliphatic heterocycles. The summed E-state index contributed by atoms with van der Waals surface area (Å²) in [6.45, 7) is 2.16. The smallest absolute Gasteiger partial charge is 0.0791 e. The Labute approximate surface area is 97.8 Å². The normalized spacial score (nSPS) is 19.4. The predicted octanol–water partition coefficient (Wildman–Crippen LogP) is 2.67. The molecule has 2 nitrogen and oxygen atoms in total. The molecule has 1 aliphatic rings. The van der Waals surface area contributed by atoms with Crippen molar-refractivity contribution in [2.45, 2.75) is 38.3 Å². The van der Waals surface area contributed by atoms with E-state index >= 15 is 0 Å². The maximum atomic E-state index is 6.26. The van der Waals surface area contributed by atoms with Gasteiger partial charge in [0.15, 0.2) is 0 Å². The Hall–Kier alpha value is -0.860. The van der Waals surface area contributed by atoms with Crippen LogP contribution in [0.2, 0.25) is 0 Å². The summed E-state index contributed by atoms with van der Waals surface area (Å²) in [5.41, 5.74) is 8.81. The lowest BCUT2D eigenvalue weighted by Crippen LogP contribution is -2.29. The van der Waals surface area contributed by atoms with Crippen LogP contribution in [0.25, 0.3) is 0 Å². The first-order valence-electron chi connectivity index (χ1n) is 6.13. The van der Waals surface area contributed by atoms with E-state index in [9.17, 15) is 0 Å². The molecule has 1 saturated carbocycles. The second-order valence-electron chi connectivity index (χ2n) is 4.66. The Morgan fingerprint density at radius 2 is 1.94 bits per heavy atom. The van der Waals surface area contributed by atoms with Gasteiger partial charge in [0.1, 0.15) is 0 Å². The van der Waals surface area contributed by atoms with Gasteiger partial charge in [-0.15, -0.1) is 0 Å². The number of nitrogens with two attached hydrogens (primary N) is 1. The number of hydrogen-bond donors (Lipinski definition) is 1. The van der Waals surface area contributed by atoms with Gasteiger partial charge >= 0.3 is 0 Å². The van der Waals surface area contributed by atoms with Crippen LogP contribution in [0.5, 0.6) is 0 Å². The highest BCUT2D eigenvalue weighted by atomic mass is 16.5. The van der Waals surface area contributed by atoms with Crippen LogP contribution in [0.3, 0.4) is 0 Å². The predicted molar refractivity (Wildman–Crippen MR) is 66.3 cm³/mol. The molecule has 2 rings (SSSR count). The fourth-order valence-electron chi connectivity index (χ4n) is 2.22. The van der Waals surface area contributed by atoms with E-state index in [0.717, 1.165) is 6.42 Å². The van der Waals surface area contributed by atoms with Crippen LogP contribution >= 0.6 is 0 Å². The Bertz CT molecular complexity index is 329. The molecular formula is C14H21NO. The van der Waals surface area contributed by atoms with Gasteiger partial charge in [0.05, 0.1) is 12.1 Å². The lowest BCUT2D eigenvalue weighted by Gasteiger charge is -2.22. The lowest BCUT2D eigenvalue weighted by atomic mass is 9.97. The number of hydrogen-bond acceptors (Lipinski definition) is 2. The monoisotopic (exact) mass is 219 g/mol. The van der Waals surface area contributed by atoms with Crippen molar-refractivity contribution in [3.63, 3.8) is 0 Å². The van der Waals surface area contributed by atoms with Crippen LogP contribution < -0.4 is 5.73 Å². The molecule has 0 saturated heterocycles. The van der Waals surface area contributed by atoms with Crippen LogP contribution in [0.4, 0.5) is 0 Å². The first kappa shape index (κ1) is 11.6. The lowest BCUT2D eigenvalue weighted by molar-refractivity contribution is 0.0624. The van der Waals surface area contributed by atoms with Crippen LogP contribution in [0, 0.1) is 5.92 Å². The molecule has 1 aromatic rings. The molecule has 1 aliphatic carbocycles. The number of rotatable bonds is 5. The Morgan fingerprint density at radius 3 is 2.38 bits per heavy atom. The quantitative estimate of drug-likeness (QED) is 0.826. The molecule has 16 heavy (non-hydrogen) atoms. The molecule has 2 N–H and O–H groups in total.